The van der Waals surface area contributed by atoms with Crippen LogP contribution in [-0.2, 0) is 0 Å². The predicted octanol–water partition coefficient (Wildman–Crippen LogP) is 3.83. The van der Waals surface area contributed by atoms with Crippen molar-refractivity contribution in [3.63, 3.8) is 0 Å². The Morgan fingerprint density at radius 2 is 2.05 bits per heavy atom. The molecule has 0 aliphatic heterocycles. The molecule has 2 nitrogen and oxygen atoms in total. The van der Waals surface area contributed by atoms with Gasteiger partial charge in [0.05, 0.1) is 10.9 Å². The molecule has 1 N–H and O–H groups in total. The maximum absolute atomic E-state index is 13.6. The number of carbonyl (C=O) groups excluding carboxylic acids is 1. The third-order valence-electron chi connectivity index (χ3n) is 2.84. The van der Waals surface area contributed by atoms with Crippen molar-refractivity contribution in [3.05, 3.63) is 57.3 Å². The largest absolute Gasteiger partial charge is 0.345 e. The van der Waals surface area contributed by atoms with Crippen molar-refractivity contribution >= 4 is 17.2 Å². The van der Waals surface area contributed by atoms with Crippen LogP contribution in [0.3, 0.4) is 0 Å². The molecule has 5 heteroatoms. The van der Waals surface area contributed by atoms with Crippen LogP contribution in [0.15, 0.2) is 29.6 Å². The quantitative estimate of drug-likeness (QED) is 0.910. The minimum absolute atomic E-state index is 0.247. The van der Waals surface area contributed by atoms with Gasteiger partial charge in [-0.1, -0.05) is 6.07 Å². The molecule has 2 aromatic rings. The molecule has 0 aliphatic carbocycles. The lowest BCUT2D eigenvalue weighted by molar-refractivity contribution is 0.0943. The molecule has 0 saturated heterocycles. The minimum Gasteiger partial charge on any atom is -0.345 e. The van der Waals surface area contributed by atoms with Gasteiger partial charge in [0.25, 0.3) is 5.91 Å². The number of halogens is 2. The van der Waals surface area contributed by atoms with Crippen LogP contribution >= 0.6 is 11.3 Å². The third kappa shape index (κ3) is 2.98. The zero-order valence-electron chi connectivity index (χ0n) is 10.5. The van der Waals surface area contributed by atoms with Crippen molar-refractivity contribution in [2.75, 3.05) is 0 Å². The van der Waals surface area contributed by atoms with Crippen molar-refractivity contribution in [3.8, 4) is 0 Å². The summed E-state index contributed by atoms with van der Waals surface area (Å²) in [5.41, 5.74) is 1.15. The van der Waals surface area contributed by atoms with E-state index < -0.39 is 17.7 Å². The van der Waals surface area contributed by atoms with E-state index in [9.17, 15) is 13.6 Å². The maximum Gasteiger partial charge on any atom is 0.262 e. The van der Waals surface area contributed by atoms with E-state index in [4.69, 9.17) is 0 Å². The van der Waals surface area contributed by atoms with Crippen molar-refractivity contribution in [1.29, 1.82) is 0 Å². The fraction of sp³-hybridized carbons (Fsp3) is 0.214. The van der Waals surface area contributed by atoms with Crippen LogP contribution in [-0.4, -0.2) is 5.91 Å². The Labute approximate surface area is 114 Å². The van der Waals surface area contributed by atoms with Gasteiger partial charge in [0, 0.05) is 11.6 Å². The number of hydrogen-bond donors (Lipinski definition) is 1. The first-order valence-corrected chi connectivity index (χ1v) is 6.67. The molecule has 1 aromatic heterocycles. The number of hydrogen-bond acceptors (Lipinski definition) is 2. The number of thiophene rings is 1. The molecule has 2 rings (SSSR count). The molecule has 100 valence electrons. The number of aryl methyl sites for hydroxylation is 1. The molecular formula is C14H13F2NOS. The highest BCUT2D eigenvalue weighted by Crippen LogP contribution is 2.20. The van der Waals surface area contributed by atoms with Gasteiger partial charge in [-0.05, 0) is 36.9 Å². The van der Waals surface area contributed by atoms with Gasteiger partial charge in [-0.2, -0.15) is 0 Å². The first-order chi connectivity index (χ1) is 8.99. The van der Waals surface area contributed by atoms with Gasteiger partial charge in [-0.3, -0.25) is 4.79 Å². The fourth-order valence-electron chi connectivity index (χ4n) is 1.80. The second kappa shape index (κ2) is 5.48. The average Bonchev–Trinajstić information content (AvgIpc) is 2.75. The highest BCUT2D eigenvalue weighted by Gasteiger charge is 2.17. The zero-order valence-corrected chi connectivity index (χ0v) is 11.4. The van der Waals surface area contributed by atoms with Gasteiger partial charge in [0.1, 0.15) is 11.6 Å². The van der Waals surface area contributed by atoms with E-state index in [1.165, 1.54) is 23.5 Å². The number of benzene rings is 1. The summed E-state index contributed by atoms with van der Waals surface area (Å²) < 4.78 is 26.4. The van der Waals surface area contributed by atoms with Crippen molar-refractivity contribution in [2.24, 2.45) is 0 Å². The Morgan fingerprint density at radius 3 is 2.63 bits per heavy atom. The van der Waals surface area contributed by atoms with E-state index in [1.54, 1.807) is 6.92 Å². The van der Waals surface area contributed by atoms with E-state index in [0.29, 0.717) is 4.88 Å². The molecule has 1 amide bonds. The number of rotatable bonds is 3. The summed E-state index contributed by atoms with van der Waals surface area (Å²) >= 11 is 1.34. The molecule has 0 fully saturated rings. The van der Waals surface area contributed by atoms with Gasteiger partial charge in [0.15, 0.2) is 0 Å². The van der Waals surface area contributed by atoms with Crippen LogP contribution in [0.2, 0.25) is 0 Å². The number of carbonyl (C=O) groups is 1. The SMILES string of the molecule is Cc1ccsc1C(=O)N[C@@H](C)c1ccc(F)cc1F. The Hall–Kier alpha value is -1.75. The maximum atomic E-state index is 13.6. The monoisotopic (exact) mass is 281 g/mol. The summed E-state index contributed by atoms with van der Waals surface area (Å²) in [5.74, 6) is -1.53. The van der Waals surface area contributed by atoms with Gasteiger partial charge in [-0.25, -0.2) is 8.78 Å². The topological polar surface area (TPSA) is 29.1 Å². The van der Waals surface area contributed by atoms with Gasteiger partial charge in [-0.15, -0.1) is 11.3 Å². The van der Waals surface area contributed by atoms with Gasteiger partial charge < -0.3 is 5.32 Å². The summed E-state index contributed by atoms with van der Waals surface area (Å²) in [6, 6.07) is 4.67. The van der Waals surface area contributed by atoms with Crippen LogP contribution in [0, 0.1) is 18.6 Å². The zero-order chi connectivity index (χ0) is 14.0. The highest BCUT2D eigenvalue weighted by atomic mass is 32.1. The molecule has 0 radical (unpaired) electrons. The van der Waals surface area contributed by atoms with E-state index in [1.807, 2.05) is 18.4 Å². The Balaban J connectivity index is 2.15. The standard InChI is InChI=1S/C14H13F2NOS/c1-8-5-6-19-13(8)14(18)17-9(2)11-4-3-10(15)7-12(11)16/h3-7,9H,1-2H3,(H,17,18)/t9-/m0/s1. The van der Waals surface area contributed by atoms with E-state index in [0.717, 1.165) is 11.6 Å². The van der Waals surface area contributed by atoms with E-state index in [-0.39, 0.29) is 11.5 Å². The fourth-order valence-corrected chi connectivity index (χ4v) is 2.63. The first kappa shape index (κ1) is 13.7. The third-order valence-corrected chi connectivity index (χ3v) is 3.86. The molecule has 1 atom stereocenters. The van der Waals surface area contributed by atoms with Crippen molar-refractivity contribution in [1.82, 2.24) is 5.32 Å². The molecule has 0 unspecified atom stereocenters. The highest BCUT2D eigenvalue weighted by molar-refractivity contribution is 7.12. The summed E-state index contributed by atoms with van der Waals surface area (Å²) in [6.07, 6.45) is 0. The molecule has 19 heavy (non-hydrogen) atoms. The molecule has 1 heterocycles. The van der Waals surface area contributed by atoms with E-state index >= 15 is 0 Å². The average molecular weight is 281 g/mol. The number of nitrogens with one attached hydrogen (secondary N) is 1. The first-order valence-electron chi connectivity index (χ1n) is 5.79. The van der Waals surface area contributed by atoms with E-state index in [2.05, 4.69) is 5.32 Å². The number of amides is 1. The van der Waals surface area contributed by atoms with Crippen molar-refractivity contribution in [2.45, 2.75) is 19.9 Å². The Kier molecular flexibility index (Phi) is 3.95. The Bertz CT molecular complexity index is 609. The lowest BCUT2D eigenvalue weighted by Gasteiger charge is -2.15. The second-order valence-electron chi connectivity index (χ2n) is 4.29. The minimum atomic E-state index is -0.657. The van der Waals surface area contributed by atoms with Crippen LogP contribution in [0.25, 0.3) is 0 Å². The lowest BCUT2D eigenvalue weighted by Crippen LogP contribution is -2.27. The normalized spacial score (nSPS) is 12.2. The molecular weight excluding hydrogens is 268 g/mol. The predicted molar refractivity (Wildman–Crippen MR) is 71.3 cm³/mol. The van der Waals surface area contributed by atoms with Gasteiger partial charge in [0.2, 0.25) is 0 Å². The molecule has 0 aliphatic rings. The summed E-state index contributed by atoms with van der Waals surface area (Å²) in [5, 5.41) is 4.54. The summed E-state index contributed by atoms with van der Waals surface area (Å²) in [7, 11) is 0. The second-order valence-corrected chi connectivity index (χ2v) is 5.21. The van der Waals surface area contributed by atoms with Gasteiger partial charge >= 0.3 is 0 Å². The van der Waals surface area contributed by atoms with Crippen LogP contribution < -0.4 is 5.32 Å². The summed E-state index contributed by atoms with van der Waals surface area (Å²) in [4.78, 5) is 12.6. The van der Waals surface area contributed by atoms with Crippen LogP contribution in [0.4, 0.5) is 8.78 Å². The molecule has 0 spiro atoms. The Morgan fingerprint density at radius 1 is 1.32 bits per heavy atom. The molecule has 1 aromatic carbocycles. The van der Waals surface area contributed by atoms with Crippen LogP contribution in [0.5, 0.6) is 0 Å². The molecule has 0 bridgehead atoms. The smallest absolute Gasteiger partial charge is 0.262 e. The summed E-state index contributed by atoms with van der Waals surface area (Å²) in [6.45, 7) is 3.51. The lowest BCUT2D eigenvalue weighted by atomic mass is 10.1. The molecule has 0 saturated carbocycles. The van der Waals surface area contributed by atoms with Crippen molar-refractivity contribution < 1.29 is 13.6 Å². The van der Waals surface area contributed by atoms with Crippen LogP contribution in [0.1, 0.15) is 33.8 Å².